The van der Waals surface area contributed by atoms with Crippen molar-refractivity contribution in [2.45, 2.75) is 31.8 Å². The van der Waals surface area contributed by atoms with Crippen LogP contribution >= 0.6 is 12.4 Å². The lowest BCUT2D eigenvalue weighted by Crippen LogP contribution is -2.48. The van der Waals surface area contributed by atoms with E-state index >= 15 is 0 Å². The van der Waals surface area contributed by atoms with Gasteiger partial charge in [0.05, 0.1) is 11.8 Å². The van der Waals surface area contributed by atoms with Crippen LogP contribution in [0.15, 0.2) is 23.0 Å². The van der Waals surface area contributed by atoms with Crippen molar-refractivity contribution in [3.8, 4) is 0 Å². The molecule has 112 valence electrons. The van der Waals surface area contributed by atoms with Gasteiger partial charge in [0.25, 0.3) is 5.91 Å². The van der Waals surface area contributed by atoms with Gasteiger partial charge in [-0.15, -0.1) is 12.4 Å². The van der Waals surface area contributed by atoms with E-state index in [1.165, 1.54) is 12.5 Å². The molecule has 7 heteroatoms. The summed E-state index contributed by atoms with van der Waals surface area (Å²) in [6.45, 7) is 2.09. The number of amides is 2. The smallest absolute Gasteiger partial charge is 0.255 e. The van der Waals surface area contributed by atoms with E-state index < -0.39 is 6.04 Å². The molecule has 0 bridgehead atoms. The molecule has 1 saturated carbocycles. The van der Waals surface area contributed by atoms with Crippen molar-refractivity contribution in [1.82, 2.24) is 10.6 Å². The molecule has 1 fully saturated rings. The molecule has 6 nitrogen and oxygen atoms in total. The van der Waals surface area contributed by atoms with Gasteiger partial charge < -0.3 is 20.8 Å². The zero-order valence-electron chi connectivity index (χ0n) is 11.3. The van der Waals surface area contributed by atoms with Crippen LogP contribution in [0.1, 0.15) is 30.1 Å². The first-order chi connectivity index (χ1) is 9.08. The summed E-state index contributed by atoms with van der Waals surface area (Å²) in [6.07, 6.45) is 5.03. The van der Waals surface area contributed by atoms with Gasteiger partial charge >= 0.3 is 0 Å². The van der Waals surface area contributed by atoms with Crippen molar-refractivity contribution in [3.05, 3.63) is 24.2 Å². The second kappa shape index (κ2) is 7.31. The van der Waals surface area contributed by atoms with Gasteiger partial charge in [-0.1, -0.05) is 0 Å². The fourth-order valence-corrected chi connectivity index (χ4v) is 1.80. The zero-order valence-corrected chi connectivity index (χ0v) is 12.1. The van der Waals surface area contributed by atoms with Crippen molar-refractivity contribution in [1.29, 1.82) is 0 Å². The minimum absolute atomic E-state index is 0. The topological polar surface area (TPSA) is 97.4 Å². The van der Waals surface area contributed by atoms with E-state index in [0.717, 1.165) is 12.8 Å². The summed E-state index contributed by atoms with van der Waals surface area (Å²) in [7, 11) is 0. The number of rotatable bonds is 6. The van der Waals surface area contributed by atoms with E-state index in [0.29, 0.717) is 18.0 Å². The number of nitrogens with one attached hydrogen (secondary N) is 2. The normalized spacial score (nSPS) is 16.7. The highest BCUT2D eigenvalue weighted by Gasteiger charge is 2.29. The van der Waals surface area contributed by atoms with Gasteiger partial charge in [0.2, 0.25) is 5.91 Å². The maximum Gasteiger partial charge on any atom is 0.255 e. The van der Waals surface area contributed by atoms with E-state index in [1.54, 1.807) is 13.0 Å². The Morgan fingerprint density at radius 3 is 2.75 bits per heavy atom. The molecule has 1 aromatic heterocycles. The second-order valence-electron chi connectivity index (χ2n) is 4.95. The largest absolute Gasteiger partial charge is 0.472 e. The molecule has 4 N–H and O–H groups in total. The quantitative estimate of drug-likeness (QED) is 0.719. The fourth-order valence-electron chi connectivity index (χ4n) is 1.80. The molecule has 0 radical (unpaired) electrons. The third kappa shape index (κ3) is 4.54. The third-order valence-electron chi connectivity index (χ3n) is 3.26. The molecule has 0 saturated heterocycles. The van der Waals surface area contributed by atoms with Crippen LogP contribution in [0.25, 0.3) is 0 Å². The summed E-state index contributed by atoms with van der Waals surface area (Å²) in [4.78, 5) is 23.5. The maximum absolute atomic E-state index is 11.8. The minimum atomic E-state index is -0.603. The predicted molar refractivity (Wildman–Crippen MR) is 76.6 cm³/mol. The van der Waals surface area contributed by atoms with E-state index in [2.05, 4.69) is 10.6 Å². The van der Waals surface area contributed by atoms with Crippen molar-refractivity contribution >= 4 is 24.2 Å². The molecule has 1 aliphatic carbocycles. The van der Waals surface area contributed by atoms with Crippen molar-refractivity contribution in [2.24, 2.45) is 11.7 Å². The molecule has 2 unspecified atom stereocenters. The van der Waals surface area contributed by atoms with Crippen LogP contribution in [0, 0.1) is 5.92 Å². The van der Waals surface area contributed by atoms with Gasteiger partial charge in [0, 0.05) is 12.6 Å². The molecule has 0 aliphatic heterocycles. The second-order valence-corrected chi connectivity index (χ2v) is 4.95. The molecule has 0 spiro atoms. The fraction of sp³-hybridized carbons (Fsp3) is 0.538. The maximum atomic E-state index is 11.8. The van der Waals surface area contributed by atoms with Crippen LogP contribution in [0.5, 0.6) is 0 Å². The van der Waals surface area contributed by atoms with Gasteiger partial charge in [-0.2, -0.15) is 0 Å². The van der Waals surface area contributed by atoms with Crippen LogP contribution in [-0.4, -0.2) is 30.4 Å². The highest BCUT2D eigenvalue weighted by Crippen LogP contribution is 2.31. The van der Waals surface area contributed by atoms with Gasteiger partial charge in [-0.05, 0) is 31.7 Å². The molecule has 20 heavy (non-hydrogen) atoms. The molecule has 1 aromatic rings. The average Bonchev–Trinajstić information content (AvgIpc) is 3.10. The van der Waals surface area contributed by atoms with Crippen LogP contribution < -0.4 is 16.4 Å². The predicted octanol–water partition coefficient (Wildman–Crippen LogP) is 0.673. The van der Waals surface area contributed by atoms with Gasteiger partial charge in [-0.25, -0.2) is 0 Å². The molecule has 1 aliphatic rings. The number of nitrogens with two attached hydrogens (primary N) is 1. The Morgan fingerprint density at radius 1 is 1.50 bits per heavy atom. The first-order valence-corrected chi connectivity index (χ1v) is 6.44. The van der Waals surface area contributed by atoms with Gasteiger partial charge in [0.1, 0.15) is 12.3 Å². The summed E-state index contributed by atoms with van der Waals surface area (Å²) in [6, 6.07) is 0.956. The summed E-state index contributed by atoms with van der Waals surface area (Å²) >= 11 is 0. The lowest BCUT2D eigenvalue weighted by molar-refractivity contribution is -0.122. The number of hydrogen-bond acceptors (Lipinski definition) is 4. The summed E-state index contributed by atoms with van der Waals surface area (Å²) in [5.41, 5.74) is 6.29. The van der Waals surface area contributed by atoms with E-state index in [4.69, 9.17) is 10.2 Å². The van der Waals surface area contributed by atoms with E-state index in [9.17, 15) is 9.59 Å². The number of furan rings is 1. The minimum Gasteiger partial charge on any atom is -0.472 e. The average molecular weight is 302 g/mol. The lowest BCUT2D eigenvalue weighted by Gasteiger charge is -2.16. The number of hydrogen-bond donors (Lipinski definition) is 3. The Bertz CT molecular complexity index is 446. The highest BCUT2D eigenvalue weighted by atomic mass is 35.5. The van der Waals surface area contributed by atoms with Crippen molar-refractivity contribution < 1.29 is 14.0 Å². The van der Waals surface area contributed by atoms with Crippen molar-refractivity contribution in [3.63, 3.8) is 0 Å². The summed E-state index contributed by atoms with van der Waals surface area (Å²) < 4.78 is 4.81. The molecular weight excluding hydrogens is 282 g/mol. The lowest BCUT2D eigenvalue weighted by atomic mass is 10.2. The summed E-state index contributed by atoms with van der Waals surface area (Å²) in [5.74, 6) is -0.0213. The molecule has 2 atom stereocenters. The standard InChI is InChI=1S/C13H19N3O3.ClH/c1-8(16-13(18)10-4-5-19-7-10)12(17)15-6-11(14)9-2-3-9;/h4-5,7-9,11H,2-3,6,14H2,1H3,(H,15,17)(H,16,18);1H. The first-order valence-electron chi connectivity index (χ1n) is 6.44. The zero-order chi connectivity index (χ0) is 13.8. The van der Waals surface area contributed by atoms with Gasteiger partial charge in [-0.3, -0.25) is 9.59 Å². The number of carbonyl (C=O) groups is 2. The molecule has 2 rings (SSSR count). The Hall–Kier alpha value is -1.53. The van der Waals surface area contributed by atoms with Crippen LogP contribution in [0.4, 0.5) is 0 Å². The highest BCUT2D eigenvalue weighted by molar-refractivity contribution is 5.97. The van der Waals surface area contributed by atoms with Crippen LogP contribution in [0.3, 0.4) is 0 Å². The molecular formula is C13H20ClN3O3. The summed E-state index contributed by atoms with van der Waals surface area (Å²) in [5, 5.41) is 5.35. The Morgan fingerprint density at radius 2 is 2.20 bits per heavy atom. The number of carbonyl (C=O) groups excluding carboxylic acids is 2. The van der Waals surface area contributed by atoms with E-state index in [1.807, 2.05) is 0 Å². The molecule has 2 amide bonds. The molecule has 1 heterocycles. The number of halogens is 1. The van der Waals surface area contributed by atoms with E-state index in [-0.39, 0.29) is 30.3 Å². The Labute approximate surface area is 123 Å². The third-order valence-corrected chi connectivity index (χ3v) is 3.26. The first kappa shape index (κ1) is 16.5. The van der Waals surface area contributed by atoms with Gasteiger partial charge in [0.15, 0.2) is 0 Å². The van der Waals surface area contributed by atoms with Crippen LogP contribution in [0.2, 0.25) is 0 Å². The Kier molecular flexibility index (Phi) is 6.04. The monoisotopic (exact) mass is 301 g/mol. The Balaban J connectivity index is 0.00000200. The SMILES string of the molecule is CC(NC(=O)c1ccoc1)C(=O)NCC(N)C1CC1.Cl. The molecule has 0 aromatic carbocycles. The van der Waals surface area contributed by atoms with Crippen molar-refractivity contribution in [2.75, 3.05) is 6.54 Å². The van der Waals surface area contributed by atoms with Crippen LogP contribution in [-0.2, 0) is 4.79 Å².